The summed E-state index contributed by atoms with van der Waals surface area (Å²) in [4.78, 5) is 27.8. The Balaban J connectivity index is 1.59. The third kappa shape index (κ3) is 4.49. The first-order valence-corrected chi connectivity index (χ1v) is 8.80. The molecule has 6 nitrogen and oxygen atoms in total. The highest BCUT2D eigenvalue weighted by atomic mass is 35.5. The van der Waals surface area contributed by atoms with Crippen LogP contribution in [0, 0.1) is 5.82 Å². The van der Waals surface area contributed by atoms with Crippen molar-refractivity contribution in [1.29, 1.82) is 0 Å². The summed E-state index contributed by atoms with van der Waals surface area (Å²) in [6, 6.07) is 11.0. The number of piperazine rings is 1. The molecule has 1 aliphatic rings. The van der Waals surface area contributed by atoms with Gasteiger partial charge in [-0.2, -0.15) is 0 Å². The highest BCUT2D eigenvalue weighted by Crippen LogP contribution is 2.21. The van der Waals surface area contributed by atoms with Crippen LogP contribution in [0.3, 0.4) is 0 Å². The maximum absolute atomic E-state index is 13.2. The summed E-state index contributed by atoms with van der Waals surface area (Å²) >= 11 is 5.74. The lowest BCUT2D eigenvalue weighted by Gasteiger charge is -2.36. The van der Waals surface area contributed by atoms with Crippen LogP contribution < -0.4 is 10.2 Å². The molecule has 2 amide bonds. The zero-order valence-electron chi connectivity index (χ0n) is 14.7. The van der Waals surface area contributed by atoms with Crippen molar-refractivity contribution in [1.82, 2.24) is 4.90 Å². The van der Waals surface area contributed by atoms with Gasteiger partial charge in [-0.15, -0.1) is 0 Å². The van der Waals surface area contributed by atoms with Crippen LogP contribution in [0.1, 0.15) is 10.4 Å². The summed E-state index contributed by atoms with van der Waals surface area (Å²) in [7, 11) is 1.35. The minimum Gasteiger partial charge on any atom is -0.465 e. The lowest BCUT2D eigenvalue weighted by Crippen LogP contribution is -2.50. The highest BCUT2D eigenvalue weighted by molar-refractivity contribution is 6.31. The molecule has 1 saturated heterocycles. The van der Waals surface area contributed by atoms with E-state index in [1.165, 1.54) is 25.3 Å². The SMILES string of the molecule is COC(=O)c1cccc(N2CCN(C(=O)Nc3ccc(F)c(Cl)c3)CC2)c1. The Morgan fingerprint density at radius 3 is 2.52 bits per heavy atom. The zero-order valence-corrected chi connectivity index (χ0v) is 15.5. The average molecular weight is 392 g/mol. The van der Waals surface area contributed by atoms with E-state index in [-0.39, 0.29) is 17.0 Å². The predicted octanol–water partition coefficient (Wildman–Crippen LogP) is 3.62. The van der Waals surface area contributed by atoms with Crippen molar-refractivity contribution >= 4 is 35.0 Å². The molecule has 1 heterocycles. The number of benzene rings is 2. The number of carbonyl (C=O) groups excluding carboxylic acids is 2. The second-order valence-corrected chi connectivity index (χ2v) is 6.48. The van der Waals surface area contributed by atoms with Crippen molar-refractivity contribution in [3.63, 3.8) is 0 Å². The van der Waals surface area contributed by atoms with Crippen molar-refractivity contribution in [3.8, 4) is 0 Å². The zero-order chi connectivity index (χ0) is 19.4. The molecule has 1 fully saturated rings. The predicted molar refractivity (Wildman–Crippen MR) is 102 cm³/mol. The molecule has 142 valence electrons. The summed E-state index contributed by atoms with van der Waals surface area (Å²) in [6.07, 6.45) is 0. The number of methoxy groups -OCH3 is 1. The minimum atomic E-state index is -0.530. The molecule has 0 atom stereocenters. The summed E-state index contributed by atoms with van der Waals surface area (Å²) in [5.74, 6) is -0.912. The van der Waals surface area contributed by atoms with E-state index in [0.717, 1.165) is 5.69 Å². The molecule has 0 unspecified atom stereocenters. The van der Waals surface area contributed by atoms with E-state index in [1.54, 1.807) is 23.1 Å². The number of rotatable bonds is 3. The van der Waals surface area contributed by atoms with Crippen molar-refractivity contribution in [3.05, 3.63) is 58.9 Å². The van der Waals surface area contributed by atoms with Crippen LogP contribution in [0.25, 0.3) is 0 Å². The normalized spacial score (nSPS) is 14.0. The van der Waals surface area contributed by atoms with Gasteiger partial charge in [0.05, 0.1) is 17.7 Å². The monoisotopic (exact) mass is 391 g/mol. The lowest BCUT2D eigenvalue weighted by molar-refractivity contribution is 0.0600. The fraction of sp³-hybridized carbons (Fsp3) is 0.263. The van der Waals surface area contributed by atoms with Crippen LogP contribution >= 0.6 is 11.6 Å². The number of amides is 2. The summed E-state index contributed by atoms with van der Waals surface area (Å²) < 4.78 is 18.0. The molecule has 1 N–H and O–H groups in total. The number of nitrogens with one attached hydrogen (secondary N) is 1. The first kappa shape index (κ1) is 19.0. The fourth-order valence-corrected chi connectivity index (χ4v) is 3.07. The van der Waals surface area contributed by atoms with E-state index in [1.807, 2.05) is 6.07 Å². The molecule has 3 rings (SSSR count). The number of ether oxygens (including phenoxy) is 1. The third-order valence-electron chi connectivity index (χ3n) is 4.37. The number of hydrogen-bond acceptors (Lipinski definition) is 4. The van der Waals surface area contributed by atoms with Crippen molar-refractivity contribution in [2.75, 3.05) is 43.5 Å². The quantitative estimate of drug-likeness (QED) is 0.812. The van der Waals surface area contributed by atoms with Gasteiger partial charge in [0.25, 0.3) is 0 Å². The Kier molecular flexibility index (Phi) is 5.81. The van der Waals surface area contributed by atoms with Crippen LogP contribution in [-0.2, 0) is 4.74 Å². The number of hydrogen-bond donors (Lipinski definition) is 1. The Morgan fingerprint density at radius 1 is 1.11 bits per heavy atom. The van der Waals surface area contributed by atoms with Gasteiger partial charge in [-0.25, -0.2) is 14.0 Å². The third-order valence-corrected chi connectivity index (χ3v) is 4.66. The van der Waals surface area contributed by atoms with Gasteiger partial charge in [0.2, 0.25) is 0 Å². The van der Waals surface area contributed by atoms with Crippen molar-refractivity contribution < 1.29 is 18.7 Å². The van der Waals surface area contributed by atoms with Crippen LogP contribution in [0.5, 0.6) is 0 Å². The van der Waals surface area contributed by atoms with Crippen LogP contribution in [0.4, 0.5) is 20.6 Å². The van der Waals surface area contributed by atoms with E-state index in [2.05, 4.69) is 10.2 Å². The second kappa shape index (κ2) is 8.26. The number of carbonyl (C=O) groups is 2. The first-order valence-electron chi connectivity index (χ1n) is 8.42. The van der Waals surface area contributed by atoms with Gasteiger partial charge < -0.3 is 19.9 Å². The molecule has 0 spiro atoms. The summed E-state index contributed by atoms with van der Waals surface area (Å²) in [6.45, 7) is 2.29. The number of anilines is 2. The highest BCUT2D eigenvalue weighted by Gasteiger charge is 2.22. The van der Waals surface area contributed by atoms with Crippen LogP contribution in [0.2, 0.25) is 5.02 Å². The Bertz CT molecular complexity index is 854. The molecule has 27 heavy (non-hydrogen) atoms. The van der Waals surface area contributed by atoms with Gasteiger partial charge in [-0.05, 0) is 36.4 Å². The average Bonchev–Trinajstić information content (AvgIpc) is 2.70. The van der Waals surface area contributed by atoms with Gasteiger partial charge >= 0.3 is 12.0 Å². The molecule has 0 saturated carbocycles. The molecule has 1 aliphatic heterocycles. The Hall–Kier alpha value is -2.80. The Labute approximate surface area is 161 Å². The van der Waals surface area contributed by atoms with E-state index in [9.17, 15) is 14.0 Å². The van der Waals surface area contributed by atoms with Gasteiger partial charge in [-0.3, -0.25) is 0 Å². The number of urea groups is 1. The molecular formula is C19H19ClFN3O3. The van der Waals surface area contributed by atoms with E-state index in [0.29, 0.717) is 37.4 Å². The molecule has 0 bridgehead atoms. The standard InChI is InChI=1S/C19H19ClFN3O3/c1-27-18(25)13-3-2-4-15(11-13)23-7-9-24(10-8-23)19(26)22-14-5-6-17(21)16(20)12-14/h2-6,11-12H,7-10H2,1H3,(H,22,26). The molecular weight excluding hydrogens is 373 g/mol. The van der Waals surface area contributed by atoms with Crippen LogP contribution in [-0.4, -0.2) is 50.2 Å². The number of esters is 1. The lowest BCUT2D eigenvalue weighted by atomic mass is 10.1. The van der Waals surface area contributed by atoms with Crippen LogP contribution in [0.15, 0.2) is 42.5 Å². The molecule has 2 aromatic carbocycles. The largest absolute Gasteiger partial charge is 0.465 e. The Morgan fingerprint density at radius 2 is 1.85 bits per heavy atom. The number of nitrogens with zero attached hydrogens (tertiary/aromatic N) is 2. The van der Waals surface area contributed by atoms with Crippen molar-refractivity contribution in [2.24, 2.45) is 0 Å². The summed E-state index contributed by atoms with van der Waals surface area (Å²) in [5.41, 5.74) is 1.84. The minimum absolute atomic E-state index is 0.0388. The smallest absolute Gasteiger partial charge is 0.337 e. The van der Waals surface area contributed by atoms with E-state index in [4.69, 9.17) is 16.3 Å². The molecule has 8 heteroatoms. The maximum Gasteiger partial charge on any atom is 0.337 e. The number of halogens is 2. The van der Waals surface area contributed by atoms with E-state index >= 15 is 0 Å². The topological polar surface area (TPSA) is 61.9 Å². The van der Waals surface area contributed by atoms with Gasteiger partial charge in [0, 0.05) is 37.6 Å². The first-order chi connectivity index (χ1) is 13.0. The van der Waals surface area contributed by atoms with Crippen molar-refractivity contribution in [2.45, 2.75) is 0 Å². The fourth-order valence-electron chi connectivity index (χ4n) is 2.89. The molecule has 0 radical (unpaired) electrons. The second-order valence-electron chi connectivity index (χ2n) is 6.08. The molecule has 0 aromatic heterocycles. The molecule has 2 aromatic rings. The maximum atomic E-state index is 13.2. The van der Waals surface area contributed by atoms with Gasteiger partial charge in [-0.1, -0.05) is 17.7 Å². The van der Waals surface area contributed by atoms with Gasteiger partial charge in [0.1, 0.15) is 5.82 Å². The summed E-state index contributed by atoms with van der Waals surface area (Å²) in [5, 5.41) is 2.68. The van der Waals surface area contributed by atoms with Gasteiger partial charge in [0.15, 0.2) is 0 Å². The van der Waals surface area contributed by atoms with E-state index < -0.39 is 5.82 Å². The molecule has 0 aliphatic carbocycles.